The molecule has 0 fully saturated rings. The largest absolute Gasteiger partial charge is 0.490 e. The van der Waals surface area contributed by atoms with Crippen LogP contribution in [-0.4, -0.2) is 19.1 Å². The summed E-state index contributed by atoms with van der Waals surface area (Å²) in [4.78, 5) is 11.9. The second-order valence-corrected chi connectivity index (χ2v) is 4.86. The Kier molecular flexibility index (Phi) is 4.09. The van der Waals surface area contributed by atoms with Crippen molar-refractivity contribution in [3.05, 3.63) is 47.9 Å². The highest BCUT2D eigenvalue weighted by molar-refractivity contribution is 5.78. The van der Waals surface area contributed by atoms with Gasteiger partial charge < -0.3 is 19.2 Å². The van der Waals surface area contributed by atoms with Gasteiger partial charge in [-0.1, -0.05) is 6.07 Å². The van der Waals surface area contributed by atoms with Crippen LogP contribution in [0.25, 0.3) is 0 Å². The molecule has 0 saturated heterocycles. The molecule has 0 bridgehead atoms. The molecule has 0 radical (unpaired) electrons. The molecule has 1 aliphatic heterocycles. The number of nitrogens with one attached hydrogen (secondary N) is 1. The number of ether oxygens (including phenoxy) is 2. The van der Waals surface area contributed by atoms with Crippen LogP contribution in [0.2, 0.25) is 0 Å². The molecule has 3 rings (SSSR count). The van der Waals surface area contributed by atoms with E-state index in [1.54, 1.807) is 12.3 Å². The van der Waals surface area contributed by atoms with Gasteiger partial charge >= 0.3 is 0 Å². The van der Waals surface area contributed by atoms with E-state index in [4.69, 9.17) is 13.9 Å². The van der Waals surface area contributed by atoms with Crippen LogP contribution in [0.5, 0.6) is 11.5 Å². The minimum atomic E-state index is -0.0547. The van der Waals surface area contributed by atoms with Gasteiger partial charge in [-0.15, -0.1) is 0 Å². The molecule has 2 heterocycles. The highest BCUT2D eigenvalue weighted by atomic mass is 16.5. The summed E-state index contributed by atoms with van der Waals surface area (Å²) < 4.78 is 16.4. The van der Waals surface area contributed by atoms with Gasteiger partial charge in [0.25, 0.3) is 0 Å². The second kappa shape index (κ2) is 6.35. The summed E-state index contributed by atoms with van der Waals surface area (Å²) >= 11 is 0. The van der Waals surface area contributed by atoms with E-state index in [0.717, 1.165) is 23.5 Å². The van der Waals surface area contributed by atoms with E-state index in [1.807, 2.05) is 24.3 Å². The fourth-order valence-corrected chi connectivity index (χ4v) is 2.16. The third-order valence-electron chi connectivity index (χ3n) is 3.22. The zero-order valence-corrected chi connectivity index (χ0v) is 11.6. The fraction of sp³-hybridized carbons (Fsp3) is 0.312. The topological polar surface area (TPSA) is 60.7 Å². The van der Waals surface area contributed by atoms with E-state index in [9.17, 15) is 4.79 Å². The van der Waals surface area contributed by atoms with E-state index < -0.39 is 0 Å². The third-order valence-corrected chi connectivity index (χ3v) is 3.22. The average Bonchev–Trinajstić information content (AvgIpc) is 2.90. The summed E-state index contributed by atoms with van der Waals surface area (Å²) in [5, 5.41) is 2.82. The van der Waals surface area contributed by atoms with Crippen LogP contribution in [0.15, 0.2) is 41.0 Å². The van der Waals surface area contributed by atoms with Gasteiger partial charge in [0.1, 0.15) is 5.76 Å². The zero-order valence-electron chi connectivity index (χ0n) is 11.6. The summed E-state index contributed by atoms with van der Waals surface area (Å²) in [5.74, 6) is 2.14. The van der Waals surface area contributed by atoms with Gasteiger partial charge in [0.15, 0.2) is 11.5 Å². The number of carbonyl (C=O) groups excluding carboxylic acids is 1. The number of carbonyl (C=O) groups is 1. The lowest BCUT2D eigenvalue weighted by atomic mass is 10.1. The first-order valence-electron chi connectivity index (χ1n) is 6.99. The molecule has 0 atom stereocenters. The highest BCUT2D eigenvalue weighted by Crippen LogP contribution is 2.30. The van der Waals surface area contributed by atoms with Crippen molar-refractivity contribution in [2.24, 2.45) is 0 Å². The Bertz CT molecular complexity index is 607. The van der Waals surface area contributed by atoms with E-state index in [-0.39, 0.29) is 5.91 Å². The predicted molar refractivity (Wildman–Crippen MR) is 76.3 cm³/mol. The van der Waals surface area contributed by atoms with Gasteiger partial charge in [0.2, 0.25) is 5.91 Å². The maximum Gasteiger partial charge on any atom is 0.224 e. The quantitative estimate of drug-likeness (QED) is 0.937. The summed E-state index contributed by atoms with van der Waals surface area (Å²) in [6, 6.07) is 9.24. The molecule has 5 nitrogen and oxygen atoms in total. The number of amides is 1. The van der Waals surface area contributed by atoms with E-state index in [2.05, 4.69) is 5.32 Å². The van der Waals surface area contributed by atoms with Gasteiger partial charge in [-0.05, 0) is 29.8 Å². The highest BCUT2D eigenvalue weighted by Gasteiger charge is 2.12. The average molecular weight is 287 g/mol. The van der Waals surface area contributed by atoms with Crippen LogP contribution in [0.4, 0.5) is 0 Å². The van der Waals surface area contributed by atoms with Crippen LogP contribution in [-0.2, 0) is 17.8 Å². The van der Waals surface area contributed by atoms with Crippen LogP contribution >= 0.6 is 0 Å². The lowest BCUT2D eigenvalue weighted by Gasteiger charge is -2.09. The summed E-state index contributed by atoms with van der Waals surface area (Å²) in [6.07, 6.45) is 2.76. The van der Waals surface area contributed by atoms with Crippen molar-refractivity contribution in [2.45, 2.75) is 19.4 Å². The molecule has 1 aromatic carbocycles. The van der Waals surface area contributed by atoms with Gasteiger partial charge in [0, 0.05) is 6.42 Å². The molecule has 110 valence electrons. The first-order valence-corrected chi connectivity index (χ1v) is 6.99. The smallest absolute Gasteiger partial charge is 0.224 e. The molecule has 1 aromatic heterocycles. The molecule has 1 amide bonds. The minimum absolute atomic E-state index is 0.0547. The molecule has 1 aliphatic rings. The number of hydrogen-bond donors (Lipinski definition) is 1. The molecular weight excluding hydrogens is 270 g/mol. The van der Waals surface area contributed by atoms with Crippen molar-refractivity contribution in [2.75, 3.05) is 13.2 Å². The van der Waals surface area contributed by atoms with Crippen molar-refractivity contribution in [1.82, 2.24) is 5.32 Å². The molecule has 0 spiro atoms. The Morgan fingerprint density at radius 3 is 2.81 bits per heavy atom. The van der Waals surface area contributed by atoms with Crippen LogP contribution in [0.3, 0.4) is 0 Å². The van der Waals surface area contributed by atoms with E-state index in [0.29, 0.717) is 31.9 Å². The Morgan fingerprint density at radius 1 is 1.14 bits per heavy atom. The molecule has 2 aromatic rings. The Balaban J connectivity index is 1.59. The van der Waals surface area contributed by atoms with Crippen molar-refractivity contribution in [3.63, 3.8) is 0 Å². The summed E-state index contributed by atoms with van der Waals surface area (Å²) in [5.41, 5.74) is 0.899. The standard InChI is InChI=1S/C16H17NO4/c18-16(17-11-13-3-1-6-19-13)10-12-4-5-14-15(9-12)21-8-2-7-20-14/h1,3-6,9H,2,7-8,10-11H2,(H,17,18). The SMILES string of the molecule is O=C(Cc1ccc2c(c1)OCCCO2)NCc1ccco1. The molecule has 5 heteroatoms. The van der Waals surface area contributed by atoms with Crippen molar-refractivity contribution in [3.8, 4) is 11.5 Å². The summed E-state index contributed by atoms with van der Waals surface area (Å²) in [6.45, 7) is 1.70. The predicted octanol–water partition coefficient (Wildman–Crippen LogP) is 2.30. The van der Waals surface area contributed by atoms with Crippen molar-refractivity contribution < 1.29 is 18.7 Å². The van der Waals surface area contributed by atoms with Gasteiger partial charge in [-0.25, -0.2) is 0 Å². The number of fused-ring (bicyclic) bond motifs is 1. The van der Waals surface area contributed by atoms with Gasteiger partial charge in [-0.3, -0.25) is 4.79 Å². The normalized spacial score (nSPS) is 13.5. The molecule has 0 unspecified atom stereocenters. The second-order valence-electron chi connectivity index (χ2n) is 4.86. The van der Waals surface area contributed by atoms with Crippen LogP contribution in [0.1, 0.15) is 17.7 Å². The Morgan fingerprint density at radius 2 is 2.00 bits per heavy atom. The molecule has 21 heavy (non-hydrogen) atoms. The Hall–Kier alpha value is -2.43. The zero-order chi connectivity index (χ0) is 14.5. The molecular formula is C16H17NO4. The molecule has 1 N–H and O–H groups in total. The number of hydrogen-bond acceptors (Lipinski definition) is 4. The maximum atomic E-state index is 11.9. The lowest BCUT2D eigenvalue weighted by Crippen LogP contribution is -2.24. The van der Waals surface area contributed by atoms with Crippen molar-refractivity contribution in [1.29, 1.82) is 0 Å². The summed E-state index contributed by atoms with van der Waals surface area (Å²) in [7, 11) is 0. The monoisotopic (exact) mass is 287 g/mol. The molecule has 0 aliphatic carbocycles. The van der Waals surface area contributed by atoms with Crippen molar-refractivity contribution >= 4 is 5.91 Å². The van der Waals surface area contributed by atoms with Crippen LogP contribution in [0, 0.1) is 0 Å². The first kappa shape index (κ1) is 13.5. The Labute approximate surface area is 122 Å². The number of benzene rings is 1. The van der Waals surface area contributed by atoms with E-state index in [1.165, 1.54) is 0 Å². The fourth-order valence-electron chi connectivity index (χ4n) is 2.16. The van der Waals surface area contributed by atoms with Crippen LogP contribution < -0.4 is 14.8 Å². The minimum Gasteiger partial charge on any atom is -0.490 e. The lowest BCUT2D eigenvalue weighted by molar-refractivity contribution is -0.120. The first-order chi connectivity index (χ1) is 10.3. The maximum absolute atomic E-state index is 11.9. The van der Waals surface area contributed by atoms with Gasteiger partial charge in [-0.2, -0.15) is 0 Å². The third kappa shape index (κ3) is 3.56. The number of rotatable bonds is 4. The number of furan rings is 1. The van der Waals surface area contributed by atoms with E-state index >= 15 is 0 Å². The molecule has 0 saturated carbocycles. The van der Waals surface area contributed by atoms with Gasteiger partial charge in [0.05, 0.1) is 32.4 Å².